The van der Waals surface area contributed by atoms with Gasteiger partial charge in [-0.15, -0.1) is 0 Å². The molecule has 4 aromatic rings. The molecule has 0 amide bonds. The van der Waals surface area contributed by atoms with Gasteiger partial charge in [-0.25, -0.2) is 0 Å². The second-order valence-electron chi connectivity index (χ2n) is 8.99. The normalized spacial score (nSPS) is 21.2. The summed E-state index contributed by atoms with van der Waals surface area (Å²) >= 11 is 0. The number of hydrogen-bond acceptors (Lipinski definition) is 0. The van der Waals surface area contributed by atoms with Gasteiger partial charge < -0.3 is 0 Å². The van der Waals surface area contributed by atoms with Gasteiger partial charge in [-0.3, -0.25) is 0 Å². The van der Waals surface area contributed by atoms with Crippen LogP contribution >= 0.6 is 34.3 Å². The van der Waals surface area contributed by atoms with Crippen LogP contribution < -0.4 is 0 Å². The lowest BCUT2D eigenvalue weighted by molar-refractivity contribution is 0.827. The predicted octanol–water partition coefficient (Wildman–Crippen LogP) is 11.3. The van der Waals surface area contributed by atoms with Crippen molar-refractivity contribution >= 4 is 34.3 Å². The quantitative estimate of drug-likeness (QED) is 0.193. The molecule has 2 heterocycles. The Labute approximate surface area is 230 Å². The minimum Gasteiger partial charge on any atom is -0.0622 e. The van der Waals surface area contributed by atoms with E-state index in [1.807, 2.05) is 0 Å². The molecule has 0 bridgehead atoms. The summed E-state index contributed by atoms with van der Waals surface area (Å²) in [5, 5.41) is 3.26. The van der Waals surface area contributed by atoms with Crippen LogP contribution in [0.1, 0.15) is 41.5 Å². The van der Waals surface area contributed by atoms with Gasteiger partial charge in [-0.1, -0.05) is 162 Å². The predicted molar refractivity (Wildman–Crippen MR) is 163 cm³/mol. The van der Waals surface area contributed by atoms with Gasteiger partial charge in [0.2, 0.25) is 0 Å². The molecule has 2 fully saturated rings. The van der Waals surface area contributed by atoms with Crippen molar-refractivity contribution in [2.45, 2.75) is 19.3 Å². The summed E-state index contributed by atoms with van der Waals surface area (Å²) in [5.74, 6) is 0. The third kappa shape index (κ3) is 6.27. The maximum Gasteiger partial charge on any atom is 0.0506 e. The summed E-state index contributed by atoms with van der Waals surface area (Å²) in [4.78, 5) is 0. The summed E-state index contributed by atoms with van der Waals surface area (Å²) in [6.07, 6.45) is 3.59. The third-order valence-corrected chi connectivity index (χ3v) is 12.7. The van der Waals surface area contributed by atoms with Gasteiger partial charge in [0.15, 0.2) is 0 Å². The highest BCUT2D eigenvalue weighted by Gasteiger charge is 2.41. The Hall–Kier alpha value is -1.40. The molecule has 2 saturated heterocycles. The van der Waals surface area contributed by atoms with Crippen LogP contribution in [0.25, 0.3) is 0 Å². The smallest absolute Gasteiger partial charge is 0.0506 e. The van der Waals surface area contributed by atoms with Crippen LogP contribution in [-0.4, -0.2) is 0 Å². The topological polar surface area (TPSA) is 0 Å². The molecule has 2 aliphatic heterocycles. The van der Waals surface area contributed by atoms with E-state index in [0.29, 0.717) is 0 Å². The zero-order valence-corrected chi connectivity index (χ0v) is 24.0. The molecule has 10 radical (unpaired) electrons. The molecule has 0 unspecified atom stereocenters. The van der Waals surface area contributed by atoms with Crippen LogP contribution in [-0.2, 0) is 0 Å². The van der Waals surface area contributed by atoms with Crippen molar-refractivity contribution in [3.63, 3.8) is 0 Å². The van der Waals surface area contributed by atoms with Crippen LogP contribution in [0.4, 0.5) is 0 Å². The van der Waals surface area contributed by atoms with Crippen molar-refractivity contribution in [1.82, 2.24) is 0 Å². The number of hydrogen-bond donors (Lipinski definition) is 0. The molecule has 4 heteroatoms. The Kier molecular flexibility index (Phi) is 8.83. The lowest BCUT2D eigenvalue weighted by Gasteiger charge is -2.17. The zero-order chi connectivity index (χ0) is 24.9. The van der Waals surface area contributed by atoms with E-state index in [1.54, 1.807) is 10.8 Å². The first-order valence-electron chi connectivity index (χ1n) is 12.6. The lowest BCUT2D eigenvalue weighted by atomic mass is 10.0. The fourth-order valence-electron chi connectivity index (χ4n) is 4.60. The first-order chi connectivity index (χ1) is 18.3. The number of benzene rings is 4. The van der Waals surface area contributed by atoms with E-state index < -0.39 is 0 Å². The van der Waals surface area contributed by atoms with Crippen molar-refractivity contribution in [1.29, 1.82) is 0 Å². The van der Waals surface area contributed by atoms with E-state index in [4.69, 9.17) is 0 Å². The first-order valence-corrected chi connectivity index (χ1v) is 16.2. The molecule has 0 spiro atoms. The van der Waals surface area contributed by atoms with Gasteiger partial charge in [0, 0.05) is 10.8 Å². The maximum atomic E-state index is 2.26. The molecular formula is C33H26P4. The van der Waals surface area contributed by atoms with Crippen molar-refractivity contribution in [3.05, 3.63) is 177 Å². The molecule has 2 aliphatic rings. The summed E-state index contributed by atoms with van der Waals surface area (Å²) in [6, 6.07) is 43.8. The largest absolute Gasteiger partial charge is 0.0622 e. The van der Waals surface area contributed by atoms with Gasteiger partial charge in [-0.05, 0) is 35.1 Å². The Morgan fingerprint density at radius 1 is 0.324 bits per heavy atom. The highest BCUT2D eigenvalue weighted by atomic mass is 31.1. The molecule has 6 rings (SSSR count). The van der Waals surface area contributed by atoms with E-state index in [-0.39, 0.29) is 0 Å². The molecular weight excluding hydrogens is 520 g/mol. The van der Waals surface area contributed by atoms with E-state index >= 15 is 0 Å². The van der Waals surface area contributed by atoms with Crippen LogP contribution in [0.3, 0.4) is 0 Å². The molecule has 0 aliphatic carbocycles. The second kappa shape index (κ2) is 12.6. The van der Waals surface area contributed by atoms with Crippen molar-refractivity contribution in [2.75, 3.05) is 0 Å². The van der Waals surface area contributed by atoms with Crippen molar-refractivity contribution < 1.29 is 0 Å². The van der Waals surface area contributed by atoms with Crippen LogP contribution in [0.15, 0.2) is 121 Å². The highest BCUT2D eigenvalue weighted by molar-refractivity contribution is 7.71. The van der Waals surface area contributed by atoms with Crippen LogP contribution in [0.5, 0.6) is 0 Å². The average molecular weight is 546 g/mol. The van der Waals surface area contributed by atoms with Gasteiger partial charge in [-0.2, -0.15) is 0 Å². The van der Waals surface area contributed by atoms with Gasteiger partial charge in [0.1, 0.15) is 0 Å². The lowest BCUT2D eigenvalue weighted by Crippen LogP contribution is -2.00. The van der Waals surface area contributed by atoms with Gasteiger partial charge in [0.25, 0.3) is 0 Å². The van der Waals surface area contributed by atoms with Crippen LogP contribution in [0.2, 0.25) is 0 Å². The van der Waals surface area contributed by atoms with E-state index in [2.05, 4.69) is 121 Å². The Morgan fingerprint density at radius 2 is 0.568 bits per heavy atom. The highest BCUT2D eigenvalue weighted by Crippen LogP contribution is 2.73. The molecule has 0 N–H and O–H groups in total. The SMILES string of the molecule is c1ccc([C]2[P][C](CCC[C]3[P][C](c4ccccc4)[C](c4ccccc4)[P]3)[P][C]2c2ccccc2)cc1. The van der Waals surface area contributed by atoms with Crippen molar-refractivity contribution in [3.8, 4) is 0 Å². The Morgan fingerprint density at radius 3 is 0.811 bits per heavy atom. The Balaban J connectivity index is 1.11. The number of rotatable bonds is 8. The fraction of sp³-hybridized carbons (Fsp3) is 0.0909. The fourth-order valence-corrected chi connectivity index (χ4v) is 11.0. The average Bonchev–Trinajstić information content (AvgIpc) is 3.60. The molecule has 4 aromatic carbocycles. The first kappa shape index (κ1) is 25.9. The molecule has 0 saturated carbocycles. The van der Waals surface area contributed by atoms with E-state index in [0.717, 1.165) is 0 Å². The van der Waals surface area contributed by atoms with Gasteiger partial charge in [0.05, 0.1) is 22.6 Å². The summed E-state index contributed by atoms with van der Waals surface area (Å²) < 4.78 is 0. The molecule has 178 valence electrons. The molecule has 37 heavy (non-hydrogen) atoms. The summed E-state index contributed by atoms with van der Waals surface area (Å²) in [7, 11) is 5.61. The second-order valence-corrected chi connectivity index (χ2v) is 14.5. The standard InChI is InChI=1S/C33H26P4/c1-5-14-24(15-6-1)30-31(25-16-7-2-8-17-25)35-28(34-30)22-13-23-29-36-32(26-18-9-3-10-19-26)33(37-29)27-20-11-4-12-21-27/h1-12,14-21H,13,22-23H2. The maximum absolute atomic E-state index is 2.26. The summed E-state index contributed by atoms with van der Waals surface area (Å²) in [6.45, 7) is 0. The zero-order valence-electron chi connectivity index (χ0n) is 20.5. The molecule has 0 atom stereocenters. The van der Waals surface area contributed by atoms with Gasteiger partial charge >= 0.3 is 0 Å². The minimum absolute atomic E-state index is 1.19. The van der Waals surface area contributed by atoms with Crippen molar-refractivity contribution in [2.24, 2.45) is 0 Å². The monoisotopic (exact) mass is 546 g/mol. The van der Waals surface area contributed by atoms with Crippen LogP contribution in [0, 0.1) is 33.4 Å². The molecule has 0 aromatic heterocycles. The minimum atomic E-state index is 1.19. The van der Waals surface area contributed by atoms with E-state index in [1.165, 1.54) is 98.5 Å². The Bertz CT molecular complexity index is 1040. The third-order valence-electron chi connectivity index (χ3n) is 6.40. The summed E-state index contributed by atoms with van der Waals surface area (Å²) in [5.41, 5.74) is 11.4. The van der Waals surface area contributed by atoms with E-state index in [9.17, 15) is 0 Å². The molecule has 0 nitrogen and oxygen atoms in total.